The van der Waals surface area contributed by atoms with E-state index in [2.05, 4.69) is 10.1 Å². The average Bonchev–Trinajstić information content (AvgIpc) is 3.11. The van der Waals surface area contributed by atoms with Crippen LogP contribution in [0.5, 0.6) is 5.75 Å². The monoisotopic (exact) mass is 329 g/mol. The van der Waals surface area contributed by atoms with Gasteiger partial charge in [0.1, 0.15) is 6.54 Å². The van der Waals surface area contributed by atoms with E-state index in [1.165, 1.54) is 4.90 Å². The summed E-state index contributed by atoms with van der Waals surface area (Å²) in [4.78, 5) is 32.0. The van der Waals surface area contributed by atoms with Crippen LogP contribution in [0.4, 0.5) is 5.82 Å². The number of ether oxygens (including phenoxy) is 1. The summed E-state index contributed by atoms with van der Waals surface area (Å²) in [6.45, 7) is 3.50. The van der Waals surface area contributed by atoms with E-state index in [0.717, 1.165) is 0 Å². The number of likely N-dealkylation sites (N-methyl/N-ethyl adjacent to an activating group) is 1. The maximum absolute atomic E-state index is 12.6. The Morgan fingerprint density at radius 2 is 2.25 bits per heavy atom. The summed E-state index contributed by atoms with van der Waals surface area (Å²) in [5.74, 6) is 0.518. The Morgan fingerprint density at radius 1 is 1.38 bits per heavy atom. The Labute approximate surface area is 139 Å². The number of pyridine rings is 1. The van der Waals surface area contributed by atoms with Gasteiger partial charge in [0.2, 0.25) is 5.91 Å². The predicted octanol–water partition coefficient (Wildman–Crippen LogP) is 0.552. The molecule has 1 aliphatic heterocycles. The topological polar surface area (TPSA) is 80.6 Å². The number of hydrogen-bond acceptors (Lipinski definition) is 5. The Kier molecular flexibility index (Phi) is 4.74. The van der Waals surface area contributed by atoms with Gasteiger partial charge in [-0.1, -0.05) is 0 Å². The molecule has 0 fully saturated rings. The van der Waals surface area contributed by atoms with Crippen LogP contribution in [0, 0.1) is 0 Å². The molecule has 8 nitrogen and oxygen atoms in total. The third-order valence-electron chi connectivity index (χ3n) is 3.84. The van der Waals surface area contributed by atoms with Gasteiger partial charge in [-0.25, -0.2) is 4.98 Å². The van der Waals surface area contributed by atoms with Gasteiger partial charge in [-0.3, -0.25) is 19.2 Å². The quantitative estimate of drug-likeness (QED) is 0.773. The van der Waals surface area contributed by atoms with Crippen LogP contribution in [0.1, 0.15) is 6.92 Å². The van der Waals surface area contributed by atoms with Crippen molar-refractivity contribution in [3.05, 3.63) is 36.8 Å². The maximum Gasteiger partial charge on any atom is 0.266 e. The van der Waals surface area contributed by atoms with Crippen LogP contribution in [0.3, 0.4) is 0 Å². The van der Waals surface area contributed by atoms with Crippen molar-refractivity contribution in [1.29, 1.82) is 0 Å². The smallest absolute Gasteiger partial charge is 0.266 e. The summed E-state index contributed by atoms with van der Waals surface area (Å²) in [5.41, 5.74) is 0. The molecule has 0 atom stereocenters. The van der Waals surface area contributed by atoms with Gasteiger partial charge in [0.25, 0.3) is 5.91 Å². The van der Waals surface area contributed by atoms with E-state index in [1.807, 2.05) is 19.2 Å². The molecule has 0 spiro atoms. The number of anilines is 1. The van der Waals surface area contributed by atoms with Gasteiger partial charge in [0.05, 0.1) is 6.54 Å². The lowest BCUT2D eigenvalue weighted by Gasteiger charge is -2.30. The molecule has 0 saturated heterocycles. The highest BCUT2D eigenvalue weighted by Gasteiger charge is 2.29. The molecule has 3 heterocycles. The summed E-state index contributed by atoms with van der Waals surface area (Å²) in [7, 11) is 0. The van der Waals surface area contributed by atoms with Crippen molar-refractivity contribution in [3.63, 3.8) is 0 Å². The van der Waals surface area contributed by atoms with Crippen LogP contribution in [-0.2, 0) is 16.1 Å². The minimum Gasteiger partial charge on any atom is -0.480 e. The average molecular weight is 329 g/mol. The van der Waals surface area contributed by atoms with E-state index in [0.29, 0.717) is 31.2 Å². The number of rotatable bonds is 6. The van der Waals surface area contributed by atoms with Crippen molar-refractivity contribution in [3.8, 4) is 5.75 Å². The fourth-order valence-electron chi connectivity index (χ4n) is 2.55. The molecule has 2 aromatic rings. The van der Waals surface area contributed by atoms with Gasteiger partial charge in [0, 0.05) is 31.7 Å². The summed E-state index contributed by atoms with van der Waals surface area (Å²) in [5, 5.41) is 4.13. The van der Waals surface area contributed by atoms with Crippen LogP contribution in [-0.4, -0.2) is 57.7 Å². The third kappa shape index (κ3) is 3.37. The van der Waals surface area contributed by atoms with E-state index >= 15 is 0 Å². The van der Waals surface area contributed by atoms with Gasteiger partial charge < -0.3 is 9.64 Å². The van der Waals surface area contributed by atoms with E-state index in [1.54, 1.807) is 34.1 Å². The third-order valence-corrected chi connectivity index (χ3v) is 3.84. The lowest BCUT2D eigenvalue weighted by molar-refractivity contribution is -0.132. The minimum absolute atomic E-state index is 0.0425. The second kappa shape index (κ2) is 7.12. The second-order valence-corrected chi connectivity index (χ2v) is 5.34. The molecule has 8 heteroatoms. The molecule has 3 rings (SSSR count). The summed E-state index contributed by atoms with van der Waals surface area (Å²) < 4.78 is 7.11. The van der Waals surface area contributed by atoms with Crippen molar-refractivity contribution < 1.29 is 14.3 Å². The van der Waals surface area contributed by atoms with Crippen molar-refractivity contribution in [2.24, 2.45) is 0 Å². The van der Waals surface area contributed by atoms with Crippen LogP contribution >= 0.6 is 0 Å². The van der Waals surface area contributed by atoms with E-state index < -0.39 is 0 Å². The number of hydrogen-bond donors (Lipinski definition) is 0. The Balaban J connectivity index is 1.67. The first kappa shape index (κ1) is 16.0. The fraction of sp³-hybridized carbons (Fsp3) is 0.375. The predicted molar refractivity (Wildman–Crippen MR) is 86.6 cm³/mol. The lowest BCUT2D eigenvalue weighted by atomic mass is 10.3. The molecule has 0 saturated carbocycles. The minimum atomic E-state index is -0.266. The van der Waals surface area contributed by atoms with E-state index in [9.17, 15) is 9.59 Å². The highest BCUT2D eigenvalue weighted by atomic mass is 16.5. The van der Waals surface area contributed by atoms with Crippen LogP contribution in [0.25, 0.3) is 0 Å². The van der Waals surface area contributed by atoms with Gasteiger partial charge in [-0.15, -0.1) is 0 Å². The number of carbonyl (C=O) groups is 2. The molecule has 2 amide bonds. The zero-order valence-electron chi connectivity index (χ0n) is 13.5. The highest BCUT2D eigenvalue weighted by Crippen LogP contribution is 2.28. The number of carbonyl (C=O) groups excluding carboxylic acids is 2. The molecule has 0 aliphatic carbocycles. The normalized spacial score (nSPS) is 13.4. The number of fused-ring (bicyclic) bond motifs is 1. The van der Waals surface area contributed by atoms with Crippen LogP contribution in [0.15, 0.2) is 36.8 Å². The zero-order valence-corrected chi connectivity index (χ0v) is 13.5. The molecular formula is C16H19N5O3. The van der Waals surface area contributed by atoms with Crippen molar-refractivity contribution in [2.45, 2.75) is 13.5 Å². The van der Waals surface area contributed by atoms with Crippen molar-refractivity contribution >= 4 is 17.6 Å². The molecule has 0 bridgehead atoms. The first-order chi connectivity index (χ1) is 11.7. The largest absolute Gasteiger partial charge is 0.480 e. The standard InChI is InChI=1S/C16H19N5O3/c1-2-19(9-10-20-8-4-7-18-20)14(22)11-21-15(23)12-24-13-5-3-6-17-16(13)21/h3-8H,2,9-12H2,1H3. The zero-order chi connectivity index (χ0) is 16.9. The van der Waals surface area contributed by atoms with Gasteiger partial charge >= 0.3 is 0 Å². The molecule has 126 valence electrons. The molecular weight excluding hydrogens is 310 g/mol. The first-order valence-corrected chi connectivity index (χ1v) is 7.82. The van der Waals surface area contributed by atoms with Crippen LogP contribution in [0.2, 0.25) is 0 Å². The summed E-state index contributed by atoms with van der Waals surface area (Å²) >= 11 is 0. The molecule has 0 aromatic carbocycles. The number of nitrogens with zero attached hydrogens (tertiary/aromatic N) is 5. The Bertz CT molecular complexity index is 716. The van der Waals surface area contributed by atoms with Gasteiger partial charge in [-0.2, -0.15) is 5.10 Å². The van der Waals surface area contributed by atoms with Crippen molar-refractivity contribution in [1.82, 2.24) is 19.7 Å². The molecule has 0 radical (unpaired) electrons. The van der Waals surface area contributed by atoms with Crippen LogP contribution < -0.4 is 9.64 Å². The number of aromatic nitrogens is 3. The molecule has 24 heavy (non-hydrogen) atoms. The lowest BCUT2D eigenvalue weighted by Crippen LogP contribution is -2.47. The van der Waals surface area contributed by atoms with Crippen molar-refractivity contribution in [2.75, 3.05) is 31.1 Å². The number of amides is 2. The SMILES string of the molecule is CCN(CCn1cccn1)C(=O)CN1C(=O)COc2cccnc21. The molecule has 0 unspecified atom stereocenters. The first-order valence-electron chi connectivity index (χ1n) is 7.82. The van der Waals surface area contributed by atoms with E-state index in [4.69, 9.17) is 4.74 Å². The second-order valence-electron chi connectivity index (χ2n) is 5.34. The summed E-state index contributed by atoms with van der Waals surface area (Å²) in [6, 6.07) is 5.31. The maximum atomic E-state index is 12.6. The molecule has 0 N–H and O–H groups in total. The Hall–Kier alpha value is -2.90. The van der Waals surface area contributed by atoms with E-state index in [-0.39, 0.29) is 25.0 Å². The van der Waals surface area contributed by atoms with Gasteiger partial charge in [0.15, 0.2) is 18.2 Å². The molecule has 1 aliphatic rings. The molecule has 2 aromatic heterocycles. The highest BCUT2D eigenvalue weighted by molar-refractivity contribution is 6.01. The van der Waals surface area contributed by atoms with Gasteiger partial charge in [-0.05, 0) is 25.1 Å². The fourth-order valence-corrected chi connectivity index (χ4v) is 2.55. The summed E-state index contributed by atoms with van der Waals surface area (Å²) in [6.07, 6.45) is 5.13. The Morgan fingerprint density at radius 3 is 3.00 bits per heavy atom.